The van der Waals surface area contributed by atoms with E-state index in [1.54, 1.807) is 6.92 Å². The van der Waals surface area contributed by atoms with Crippen molar-refractivity contribution in [3.63, 3.8) is 0 Å². The Morgan fingerprint density at radius 2 is 1.36 bits per heavy atom. The zero-order valence-corrected chi connectivity index (χ0v) is 15.6. The maximum absolute atomic E-state index is 11.4. The van der Waals surface area contributed by atoms with Gasteiger partial charge in [-0.05, 0) is 13.3 Å². The van der Waals surface area contributed by atoms with Gasteiger partial charge in [0, 0.05) is 46.1 Å². The maximum Gasteiger partial charge on any atom is 0.302 e. The number of carbonyl (C=O) groups is 4. The van der Waals surface area contributed by atoms with E-state index in [0.717, 1.165) is 0 Å². The molecule has 0 radical (unpaired) electrons. The lowest BCUT2D eigenvalue weighted by atomic mass is 9.99. The minimum Gasteiger partial charge on any atom is -0.463 e. The molecular weight excluding hydrogens is 330 g/mol. The van der Waals surface area contributed by atoms with Gasteiger partial charge in [0.1, 0.15) is 18.3 Å². The van der Waals surface area contributed by atoms with Gasteiger partial charge in [-0.15, -0.1) is 0 Å². The molecule has 0 aromatic heterocycles. The van der Waals surface area contributed by atoms with Gasteiger partial charge in [-0.3, -0.25) is 19.2 Å². The van der Waals surface area contributed by atoms with Crippen molar-refractivity contribution >= 4 is 24.3 Å². The predicted molar refractivity (Wildman–Crippen MR) is 89.5 cm³/mol. The van der Waals surface area contributed by atoms with Gasteiger partial charge in [-0.25, -0.2) is 0 Å². The van der Waals surface area contributed by atoms with Gasteiger partial charge in [0.15, 0.2) is 0 Å². The van der Waals surface area contributed by atoms with Crippen LogP contribution in [0.15, 0.2) is 0 Å². The van der Waals surface area contributed by atoms with Crippen LogP contribution >= 0.6 is 0 Å². The third-order valence-corrected chi connectivity index (χ3v) is 3.50. The maximum atomic E-state index is 11.4. The molecule has 4 unspecified atom stereocenters. The second-order valence-corrected chi connectivity index (χ2v) is 5.98. The Bertz CT molecular complexity index is 452. The summed E-state index contributed by atoms with van der Waals surface area (Å²) < 4.78 is 15.7. The highest BCUT2D eigenvalue weighted by atomic mass is 16.6. The number of hydrogen-bond acceptors (Lipinski definition) is 7. The van der Waals surface area contributed by atoms with Gasteiger partial charge in [0.25, 0.3) is 0 Å². The van der Waals surface area contributed by atoms with Crippen molar-refractivity contribution in [1.82, 2.24) is 5.32 Å². The quantitative estimate of drug-likeness (QED) is 0.319. The molecule has 0 aliphatic rings. The highest BCUT2D eigenvalue weighted by Gasteiger charge is 2.26. The van der Waals surface area contributed by atoms with Gasteiger partial charge >= 0.3 is 17.9 Å². The summed E-state index contributed by atoms with van der Waals surface area (Å²) in [5.74, 6) is -1.35. The molecule has 25 heavy (non-hydrogen) atoms. The first-order valence-corrected chi connectivity index (χ1v) is 8.39. The van der Waals surface area contributed by atoms with Crippen LogP contribution in [-0.4, -0.2) is 48.7 Å². The Hall–Kier alpha value is -2.12. The first kappa shape index (κ1) is 22.9. The molecule has 0 spiro atoms. The topological polar surface area (TPSA) is 108 Å². The molecule has 0 heterocycles. The Morgan fingerprint density at radius 1 is 0.880 bits per heavy atom. The lowest BCUT2D eigenvalue weighted by Gasteiger charge is -2.27. The summed E-state index contributed by atoms with van der Waals surface area (Å²) >= 11 is 0. The minimum atomic E-state index is -0.579. The molecule has 0 bridgehead atoms. The zero-order valence-electron chi connectivity index (χ0n) is 15.6. The van der Waals surface area contributed by atoms with Crippen molar-refractivity contribution < 1.29 is 33.4 Å². The van der Waals surface area contributed by atoms with E-state index in [9.17, 15) is 19.2 Å². The van der Waals surface area contributed by atoms with Crippen LogP contribution < -0.4 is 5.32 Å². The molecule has 8 heteroatoms. The lowest BCUT2D eigenvalue weighted by molar-refractivity contribution is -0.156. The first-order chi connectivity index (χ1) is 11.7. The Kier molecular flexibility index (Phi) is 11.2. The zero-order chi connectivity index (χ0) is 19.4. The fourth-order valence-corrected chi connectivity index (χ4v) is 2.62. The number of amides is 1. The van der Waals surface area contributed by atoms with E-state index in [2.05, 4.69) is 5.32 Å². The van der Waals surface area contributed by atoms with Crippen molar-refractivity contribution in [2.45, 2.75) is 84.7 Å². The number of hydrogen-bond donors (Lipinski definition) is 1. The van der Waals surface area contributed by atoms with Crippen molar-refractivity contribution in [2.75, 3.05) is 0 Å². The molecule has 1 N–H and O–H groups in total. The molecule has 0 aromatic rings. The molecule has 0 aliphatic carbocycles. The number of carbonyl (C=O) groups excluding carboxylic acids is 4. The third kappa shape index (κ3) is 12.0. The highest BCUT2D eigenvalue weighted by Crippen LogP contribution is 2.19. The van der Waals surface area contributed by atoms with E-state index in [0.29, 0.717) is 19.3 Å². The molecule has 0 aromatic carbocycles. The van der Waals surface area contributed by atoms with E-state index < -0.39 is 36.2 Å². The monoisotopic (exact) mass is 359 g/mol. The molecule has 0 saturated carbocycles. The number of esters is 3. The molecule has 0 saturated heterocycles. The number of ether oxygens (including phenoxy) is 3. The van der Waals surface area contributed by atoms with Crippen LogP contribution in [0, 0.1) is 0 Å². The molecule has 8 nitrogen and oxygen atoms in total. The Morgan fingerprint density at radius 3 is 1.76 bits per heavy atom. The van der Waals surface area contributed by atoms with Crippen LogP contribution in [0.2, 0.25) is 0 Å². The number of rotatable bonds is 12. The van der Waals surface area contributed by atoms with Crippen LogP contribution in [0.1, 0.15) is 60.3 Å². The largest absolute Gasteiger partial charge is 0.463 e. The third-order valence-electron chi connectivity index (χ3n) is 3.50. The van der Waals surface area contributed by atoms with Crippen LogP contribution in [0.25, 0.3) is 0 Å². The fourth-order valence-electron chi connectivity index (χ4n) is 2.62. The van der Waals surface area contributed by atoms with Crippen LogP contribution in [0.5, 0.6) is 0 Å². The normalized spacial score (nSPS) is 15.2. The van der Waals surface area contributed by atoms with E-state index in [1.165, 1.54) is 20.8 Å². The second kappa shape index (κ2) is 12.3. The van der Waals surface area contributed by atoms with E-state index in [1.807, 2.05) is 6.92 Å². The summed E-state index contributed by atoms with van der Waals surface area (Å²) in [7, 11) is 0. The Balaban J connectivity index is 5.01. The summed E-state index contributed by atoms with van der Waals surface area (Å²) in [5.41, 5.74) is 0. The molecule has 1 amide bonds. The van der Waals surface area contributed by atoms with E-state index in [-0.39, 0.29) is 18.9 Å². The highest BCUT2D eigenvalue weighted by molar-refractivity contribution is 5.67. The Labute approximate surface area is 148 Å². The fraction of sp³-hybridized carbons (Fsp3) is 0.765. The summed E-state index contributed by atoms with van der Waals surface area (Å²) in [6.45, 7) is 7.48. The van der Waals surface area contributed by atoms with Gasteiger partial charge < -0.3 is 19.5 Å². The van der Waals surface area contributed by atoms with E-state index >= 15 is 0 Å². The van der Waals surface area contributed by atoms with Gasteiger partial charge in [0.2, 0.25) is 6.41 Å². The first-order valence-electron chi connectivity index (χ1n) is 8.39. The minimum absolute atomic E-state index is 0.161. The molecular formula is C17H29NO7. The summed E-state index contributed by atoms with van der Waals surface area (Å²) in [5, 5.41) is 2.67. The molecule has 0 rings (SSSR count). The number of nitrogens with one attached hydrogen (secondary N) is 1. The average molecular weight is 359 g/mol. The van der Waals surface area contributed by atoms with Crippen molar-refractivity contribution in [3.05, 3.63) is 0 Å². The molecule has 0 aliphatic heterocycles. The van der Waals surface area contributed by atoms with Crippen molar-refractivity contribution in [3.8, 4) is 0 Å². The van der Waals surface area contributed by atoms with E-state index in [4.69, 9.17) is 14.2 Å². The van der Waals surface area contributed by atoms with Crippen molar-refractivity contribution in [1.29, 1.82) is 0 Å². The lowest BCUT2D eigenvalue weighted by Crippen LogP contribution is -2.36. The van der Waals surface area contributed by atoms with Crippen LogP contribution in [0.3, 0.4) is 0 Å². The molecule has 4 atom stereocenters. The van der Waals surface area contributed by atoms with Crippen molar-refractivity contribution in [2.24, 2.45) is 0 Å². The summed E-state index contributed by atoms with van der Waals surface area (Å²) in [4.78, 5) is 44.4. The van der Waals surface area contributed by atoms with Gasteiger partial charge in [-0.2, -0.15) is 0 Å². The second-order valence-electron chi connectivity index (χ2n) is 5.98. The SMILES string of the molecule is CCC(CC(CC(CC(C)OC(C)=O)OC(C)=O)OC(C)=O)NC=O. The van der Waals surface area contributed by atoms with Gasteiger partial charge in [0.05, 0.1) is 0 Å². The van der Waals surface area contributed by atoms with Crippen LogP contribution in [-0.2, 0) is 33.4 Å². The van der Waals surface area contributed by atoms with Gasteiger partial charge in [-0.1, -0.05) is 6.92 Å². The smallest absolute Gasteiger partial charge is 0.302 e. The summed E-state index contributed by atoms with van der Waals surface area (Å²) in [6.07, 6.45) is 0.637. The standard InChI is InChI=1S/C17H29NO7/c1-6-15(18-10-19)8-17(25-14(5)22)9-16(24-13(4)21)7-11(2)23-12(3)20/h10-11,15-17H,6-9H2,1-5H3,(H,18,19). The van der Waals surface area contributed by atoms with Crippen LogP contribution in [0.4, 0.5) is 0 Å². The molecule has 0 fully saturated rings. The predicted octanol–water partition coefficient (Wildman–Crippen LogP) is 1.50. The molecule has 144 valence electrons. The average Bonchev–Trinajstić information content (AvgIpc) is 2.43. The summed E-state index contributed by atoms with van der Waals surface area (Å²) in [6, 6.07) is -0.161.